The molecule has 5 rings (SSSR count). The fourth-order valence-electron chi connectivity index (χ4n) is 4.87. The average molecular weight is 435 g/mol. The summed E-state index contributed by atoms with van der Waals surface area (Å²) >= 11 is 0. The zero-order valence-corrected chi connectivity index (χ0v) is 18.4. The molecule has 9 nitrogen and oxygen atoms in total. The van der Waals surface area contributed by atoms with Gasteiger partial charge in [0.25, 0.3) is 11.7 Å². The minimum Gasteiger partial charge on any atom is -0.351 e. The molecular formula is C23H26N6O3. The quantitative estimate of drug-likeness (QED) is 0.715. The van der Waals surface area contributed by atoms with Crippen molar-refractivity contribution in [2.75, 3.05) is 34.0 Å². The molecule has 1 aromatic carbocycles. The molecule has 2 N–H and O–H groups in total. The molecule has 0 unspecified atom stereocenters. The maximum Gasteiger partial charge on any atom is 0.296 e. The van der Waals surface area contributed by atoms with E-state index < -0.39 is 17.1 Å². The minimum atomic E-state index is -0.624. The van der Waals surface area contributed by atoms with Gasteiger partial charge in [0.2, 0.25) is 11.9 Å². The third-order valence-electron chi connectivity index (χ3n) is 6.57. The van der Waals surface area contributed by atoms with Gasteiger partial charge in [0, 0.05) is 25.3 Å². The van der Waals surface area contributed by atoms with E-state index in [1.807, 2.05) is 13.8 Å². The molecule has 0 atom stereocenters. The smallest absolute Gasteiger partial charge is 0.296 e. The van der Waals surface area contributed by atoms with Crippen LogP contribution in [0, 0.1) is 5.41 Å². The highest BCUT2D eigenvalue weighted by molar-refractivity contribution is 6.51. The molecule has 9 heteroatoms. The van der Waals surface area contributed by atoms with Crippen molar-refractivity contribution in [2.45, 2.75) is 45.6 Å². The summed E-state index contributed by atoms with van der Waals surface area (Å²) in [5, 5.41) is 5.70. The molecule has 3 heterocycles. The summed E-state index contributed by atoms with van der Waals surface area (Å²) in [5.41, 5.74) is 1.58. The molecule has 0 spiro atoms. The summed E-state index contributed by atoms with van der Waals surface area (Å²) in [7, 11) is 1.77. The zero-order chi connectivity index (χ0) is 22.6. The number of anilines is 5. The predicted molar refractivity (Wildman–Crippen MR) is 122 cm³/mol. The predicted octanol–water partition coefficient (Wildman–Crippen LogP) is 3.11. The second kappa shape index (κ2) is 7.29. The Morgan fingerprint density at radius 2 is 1.91 bits per heavy atom. The van der Waals surface area contributed by atoms with E-state index in [9.17, 15) is 14.4 Å². The van der Waals surface area contributed by atoms with Crippen molar-refractivity contribution in [1.29, 1.82) is 0 Å². The Morgan fingerprint density at radius 1 is 1.16 bits per heavy atom. The molecule has 0 bridgehead atoms. The number of amides is 2. The molecule has 2 aliphatic heterocycles. The van der Waals surface area contributed by atoms with E-state index in [4.69, 9.17) is 4.98 Å². The number of hydrogen-bond donors (Lipinski definition) is 2. The minimum absolute atomic E-state index is 0.0397. The summed E-state index contributed by atoms with van der Waals surface area (Å²) in [6.07, 6.45) is 6.18. The summed E-state index contributed by atoms with van der Waals surface area (Å²) in [4.78, 5) is 49.9. The number of Topliss-reactive ketones (excluding diaryl/α,β-unsaturated/α-hetero) is 1. The molecule has 1 fully saturated rings. The lowest BCUT2D eigenvalue weighted by Gasteiger charge is -2.34. The van der Waals surface area contributed by atoms with E-state index in [-0.39, 0.29) is 5.91 Å². The topological polar surface area (TPSA) is 108 Å². The van der Waals surface area contributed by atoms with E-state index >= 15 is 0 Å². The van der Waals surface area contributed by atoms with Crippen LogP contribution < -0.4 is 20.4 Å². The first-order chi connectivity index (χ1) is 15.2. The lowest BCUT2D eigenvalue weighted by atomic mass is 9.91. The van der Waals surface area contributed by atoms with Gasteiger partial charge < -0.3 is 20.4 Å². The van der Waals surface area contributed by atoms with Crippen LogP contribution in [0.25, 0.3) is 0 Å². The van der Waals surface area contributed by atoms with Gasteiger partial charge in [-0.1, -0.05) is 12.8 Å². The first-order valence-corrected chi connectivity index (χ1v) is 10.9. The van der Waals surface area contributed by atoms with Crippen molar-refractivity contribution in [3.05, 3.63) is 30.0 Å². The fourth-order valence-corrected chi connectivity index (χ4v) is 4.87. The summed E-state index contributed by atoms with van der Waals surface area (Å²) in [6.45, 7) is 4.54. The highest BCUT2D eigenvalue weighted by Gasteiger charge is 2.41. The van der Waals surface area contributed by atoms with Crippen molar-refractivity contribution in [2.24, 2.45) is 5.41 Å². The summed E-state index contributed by atoms with van der Waals surface area (Å²) < 4.78 is 0. The lowest BCUT2D eigenvalue weighted by Crippen LogP contribution is -2.45. The molecule has 32 heavy (non-hydrogen) atoms. The van der Waals surface area contributed by atoms with E-state index in [0.717, 1.165) is 18.7 Å². The molecule has 166 valence electrons. The van der Waals surface area contributed by atoms with Crippen LogP contribution in [0.1, 0.15) is 49.9 Å². The molecular weight excluding hydrogens is 408 g/mol. The zero-order valence-electron chi connectivity index (χ0n) is 18.4. The van der Waals surface area contributed by atoms with Crippen LogP contribution in [0.5, 0.6) is 0 Å². The summed E-state index contributed by atoms with van der Waals surface area (Å²) in [5.74, 6) is -0.0259. The SMILES string of the molecule is CN1C(=O)C(C)(C)CN(C2CCCC2)c2nc(Nc3ccc4c(c3)C(=O)C(=O)N4)ncc21. The molecule has 0 saturated heterocycles. The van der Waals surface area contributed by atoms with E-state index in [1.165, 1.54) is 12.8 Å². The number of ketones is 1. The van der Waals surface area contributed by atoms with Crippen molar-refractivity contribution in [3.8, 4) is 0 Å². The number of rotatable bonds is 3. The Labute approximate surface area is 186 Å². The Bertz CT molecular complexity index is 1140. The van der Waals surface area contributed by atoms with Gasteiger partial charge in [-0.25, -0.2) is 4.98 Å². The van der Waals surface area contributed by atoms with Crippen LogP contribution >= 0.6 is 0 Å². The molecule has 2 amide bonds. The number of carbonyl (C=O) groups excluding carboxylic acids is 3. The van der Waals surface area contributed by atoms with Crippen molar-refractivity contribution < 1.29 is 14.4 Å². The van der Waals surface area contributed by atoms with Gasteiger partial charge in [-0.3, -0.25) is 14.4 Å². The van der Waals surface area contributed by atoms with E-state index in [1.54, 1.807) is 36.3 Å². The number of hydrogen-bond acceptors (Lipinski definition) is 7. The molecule has 1 saturated carbocycles. The molecule has 1 aliphatic carbocycles. The maximum absolute atomic E-state index is 13.1. The Hall–Kier alpha value is -3.49. The Morgan fingerprint density at radius 3 is 2.66 bits per heavy atom. The monoisotopic (exact) mass is 434 g/mol. The summed E-state index contributed by atoms with van der Waals surface area (Å²) in [6, 6.07) is 5.41. The van der Waals surface area contributed by atoms with Gasteiger partial charge >= 0.3 is 0 Å². The Balaban J connectivity index is 1.52. The van der Waals surface area contributed by atoms with Crippen LogP contribution in [-0.4, -0.2) is 47.2 Å². The number of benzene rings is 1. The highest BCUT2D eigenvalue weighted by Crippen LogP contribution is 2.40. The average Bonchev–Trinajstić information content (AvgIpc) is 3.38. The molecule has 1 aromatic heterocycles. The highest BCUT2D eigenvalue weighted by atomic mass is 16.2. The van der Waals surface area contributed by atoms with Crippen LogP contribution in [0.15, 0.2) is 24.4 Å². The fraction of sp³-hybridized carbons (Fsp3) is 0.435. The lowest BCUT2D eigenvalue weighted by molar-refractivity contribution is -0.125. The molecule has 0 radical (unpaired) electrons. The van der Waals surface area contributed by atoms with Crippen molar-refractivity contribution in [3.63, 3.8) is 0 Å². The van der Waals surface area contributed by atoms with Gasteiger partial charge in [-0.2, -0.15) is 4.98 Å². The maximum atomic E-state index is 13.1. The third-order valence-corrected chi connectivity index (χ3v) is 6.57. The number of nitrogens with zero attached hydrogens (tertiary/aromatic N) is 4. The molecule has 2 aromatic rings. The van der Waals surface area contributed by atoms with Crippen molar-refractivity contribution >= 4 is 46.4 Å². The van der Waals surface area contributed by atoms with E-state index in [0.29, 0.717) is 41.2 Å². The van der Waals surface area contributed by atoms with Gasteiger partial charge in [0.15, 0.2) is 5.82 Å². The van der Waals surface area contributed by atoms with Gasteiger partial charge in [-0.15, -0.1) is 0 Å². The Kier molecular flexibility index (Phi) is 4.65. The number of aromatic nitrogens is 2. The van der Waals surface area contributed by atoms with Crippen LogP contribution in [0.2, 0.25) is 0 Å². The van der Waals surface area contributed by atoms with E-state index in [2.05, 4.69) is 20.5 Å². The van der Waals surface area contributed by atoms with Crippen LogP contribution in [-0.2, 0) is 9.59 Å². The first kappa shape index (κ1) is 20.4. The number of nitrogens with one attached hydrogen (secondary N) is 2. The second-order valence-electron chi connectivity index (χ2n) is 9.39. The normalized spacial score (nSPS) is 20.2. The van der Waals surface area contributed by atoms with Crippen LogP contribution in [0.3, 0.4) is 0 Å². The number of fused-ring (bicyclic) bond motifs is 2. The second-order valence-corrected chi connectivity index (χ2v) is 9.39. The molecule has 3 aliphatic rings. The van der Waals surface area contributed by atoms with Crippen LogP contribution in [0.4, 0.5) is 28.8 Å². The third kappa shape index (κ3) is 3.28. The standard InChI is InChI=1S/C23H26N6O3/c1-23(2)12-29(14-6-4-5-7-14)19-17(28(3)21(23)32)11-24-22(27-19)25-13-8-9-16-15(10-13)18(30)20(31)26-16/h8-11,14H,4-7,12H2,1-3H3,(H,24,25,27)(H,26,30,31). The van der Waals surface area contributed by atoms with Gasteiger partial charge in [-0.05, 0) is 44.9 Å². The number of carbonyl (C=O) groups is 3. The van der Waals surface area contributed by atoms with Gasteiger partial charge in [0.05, 0.1) is 22.9 Å². The first-order valence-electron chi connectivity index (χ1n) is 10.9. The van der Waals surface area contributed by atoms with Gasteiger partial charge in [0.1, 0.15) is 5.69 Å². The van der Waals surface area contributed by atoms with Crippen molar-refractivity contribution in [1.82, 2.24) is 9.97 Å². The largest absolute Gasteiger partial charge is 0.351 e.